The smallest absolute Gasteiger partial charge is 0.356 e. The predicted molar refractivity (Wildman–Crippen MR) is 191 cm³/mol. The van der Waals surface area contributed by atoms with Gasteiger partial charge in [0, 0.05) is 63.0 Å². The molecule has 2 fully saturated rings. The number of rotatable bonds is 12. The van der Waals surface area contributed by atoms with Crippen LogP contribution in [-0.4, -0.2) is 73.1 Å². The van der Waals surface area contributed by atoms with Crippen molar-refractivity contribution in [3.05, 3.63) is 78.4 Å². The Bertz CT molecular complexity index is 1870. The summed E-state index contributed by atoms with van der Waals surface area (Å²) >= 11 is 0. The third-order valence-corrected chi connectivity index (χ3v) is 9.56. The lowest BCUT2D eigenvalue weighted by Crippen LogP contribution is -2.44. The molecule has 4 aromatic rings. The number of pyridine rings is 1. The number of nitrogens with one attached hydrogen (secondary N) is 3. The van der Waals surface area contributed by atoms with Crippen LogP contribution in [0.5, 0.6) is 0 Å². The predicted octanol–water partition coefficient (Wildman–Crippen LogP) is 4.94. The molecule has 3 aromatic heterocycles. The molecular formula is C37H44N11O2+. The Morgan fingerprint density at radius 2 is 1.86 bits per heavy atom. The van der Waals surface area contributed by atoms with E-state index in [1.54, 1.807) is 27.8 Å². The van der Waals surface area contributed by atoms with Crippen molar-refractivity contribution in [3.8, 4) is 17.2 Å². The Hall–Kier alpha value is -5.64. The molecule has 2 saturated heterocycles. The first-order chi connectivity index (χ1) is 24.4. The Morgan fingerprint density at radius 3 is 2.52 bits per heavy atom. The lowest BCUT2D eigenvalue weighted by Gasteiger charge is -2.38. The fourth-order valence-corrected chi connectivity index (χ4v) is 6.77. The highest BCUT2D eigenvalue weighted by atomic mass is 16.2. The Kier molecular flexibility index (Phi) is 10.8. The molecule has 0 radical (unpaired) electrons. The highest BCUT2D eigenvalue weighted by molar-refractivity contribution is 5.87. The summed E-state index contributed by atoms with van der Waals surface area (Å²) in [5, 5.41) is 23.5. The fourth-order valence-electron chi connectivity index (χ4n) is 6.77. The van der Waals surface area contributed by atoms with Crippen molar-refractivity contribution in [1.82, 2.24) is 35.4 Å². The normalized spacial score (nSPS) is 15.7. The van der Waals surface area contributed by atoms with Gasteiger partial charge in [0.15, 0.2) is 5.82 Å². The molecule has 3 amide bonds. The summed E-state index contributed by atoms with van der Waals surface area (Å²) in [5.74, 6) is 1.74. The zero-order valence-corrected chi connectivity index (χ0v) is 28.7. The number of piperidine rings is 1. The maximum atomic E-state index is 13.8. The molecule has 2 aliphatic rings. The fraction of sp³-hybridized carbons (Fsp3) is 0.405. The second-order valence-electron chi connectivity index (χ2n) is 12.9. The van der Waals surface area contributed by atoms with E-state index in [-0.39, 0.29) is 17.4 Å². The van der Waals surface area contributed by atoms with Crippen molar-refractivity contribution in [2.24, 2.45) is 12.5 Å². The number of nitriles is 1. The third kappa shape index (κ3) is 7.80. The summed E-state index contributed by atoms with van der Waals surface area (Å²) in [5.41, 5.74) is 3.96. The molecule has 1 spiro atoms. The molecule has 13 heteroatoms. The van der Waals surface area contributed by atoms with Crippen LogP contribution in [0.15, 0.2) is 67.3 Å². The molecule has 0 atom stereocenters. The van der Waals surface area contributed by atoms with E-state index in [2.05, 4.69) is 43.9 Å². The number of aromatic nitrogens is 5. The molecule has 0 unspecified atom stereocenters. The first-order valence-electron chi connectivity index (χ1n) is 17.3. The van der Waals surface area contributed by atoms with E-state index in [4.69, 9.17) is 9.97 Å². The molecule has 6 rings (SSSR count). The van der Waals surface area contributed by atoms with Gasteiger partial charge in [-0.05, 0) is 50.2 Å². The zero-order valence-electron chi connectivity index (χ0n) is 28.7. The molecule has 0 saturated carbocycles. The number of anilines is 2. The van der Waals surface area contributed by atoms with Crippen LogP contribution >= 0.6 is 0 Å². The number of benzene rings is 1. The number of hydrogen-bond donors (Lipinski definition) is 3. The maximum absolute atomic E-state index is 13.8. The van der Waals surface area contributed by atoms with Crippen molar-refractivity contribution in [3.63, 3.8) is 0 Å². The topological polar surface area (TPSA) is 157 Å². The van der Waals surface area contributed by atoms with Gasteiger partial charge in [0.2, 0.25) is 11.9 Å². The Labute approximate surface area is 292 Å². The van der Waals surface area contributed by atoms with Crippen LogP contribution < -0.4 is 20.9 Å². The van der Waals surface area contributed by atoms with Crippen LogP contribution in [0, 0.1) is 16.7 Å². The first kappa shape index (κ1) is 34.2. The van der Waals surface area contributed by atoms with E-state index in [0.717, 1.165) is 61.1 Å². The van der Waals surface area contributed by atoms with Crippen molar-refractivity contribution < 1.29 is 14.2 Å². The number of carbonyl (C=O) groups is 2. The second-order valence-corrected chi connectivity index (χ2v) is 12.9. The van der Waals surface area contributed by atoms with Crippen LogP contribution in [0.4, 0.5) is 22.4 Å². The van der Waals surface area contributed by atoms with Gasteiger partial charge < -0.3 is 15.5 Å². The van der Waals surface area contributed by atoms with E-state index in [1.807, 2.05) is 55.7 Å². The van der Waals surface area contributed by atoms with Crippen LogP contribution in [-0.2, 0) is 18.4 Å². The molecule has 50 heavy (non-hydrogen) atoms. The minimum atomic E-state index is -0.298. The van der Waals surface area contributed by atoms with Gasteiger partial charge in [-0.1, -0.05) is 37.3 Å². The lowest BCUT2D eigenvalue weighted by molar-refractivity contribution is -0.342. The first-order valence-corrected chi connectivity index (χ1v) is 17.3. The maximum Gasteiger partial charge on any atom is 0.441 e. The Morgan fingerprint density at radius 1 is 1.04 bits per heavy atom. The summed E-state index contributed by atoms with van der Waals surface area (Å²) in [6.07, 6.45) is 12.3. The molecule has 5 heterocycles. The molecule has 3 N–H and O–H groups in total. The van der Waals surface area contributed by atoms with Gasteiger partial charge in [-0.15, -0.1) is 4.98 Å². The van der Waals surface area contributed by atoms with Crippen molar-refractivity contribution >= 4 is 35.2 Å². The van der Waals surface area contributed by atoms with Gasteiger partial charge in [-0.3, -0.25) is 14.8 Å². The molecular weight excluding hydrogens is 630 g/mol. The van der Waals surface area contributed by atoms with Gasteiger partial charge in [0.25, 0.3) is 5.82 Å². The highest BCUT2D eigenvalue weighted by Gasteiger charge is 2.44. The van der Waals surface area contributed by atoms with E-state index in [0.29, 0.717) is 62.2 Å². The zero-order chi connectivity index (χ0) is 34.9. The number of amides is 3. The van der Waals surface area contributed by atoms with Crippen molar-refractivity contribution in [1.29, 1.82) is 5.26 Å². The standard InChI is InChI=1S/C37H43N11O2/c1-3-8-31(11-7-17-40-35-42-24-29(21-38)33(45-35)47-19-15-37(16-20-47)14-18-39-34(37)49)48(36(50)43-22-27-9-5-4-6-10-27)32-13-12-28(23-41-32)30-25-44-46(2)26-30/h4-6,9-10,12-13,23-26H,3,7-8,11,14-20,22H2,1-2H3,(H2-,39,40,42,43,45,49,50)/p+1/b48-31+. The summed E-state index contributed by atoms with van der Waals surface area (Å²) in [4.78, 5) is 42.3. The van der Waals surface area contributed by atoms with E-state index < -0.39 is 0 Å². The average molecular weight is 675 g/mol. The van der Waals surface area contributed by atoms with Crippen LogP contribution in [0.1, 0.15) is 63.0 Å². The lowest BCUT2D eigenvalue weighted by atomic mass is 9.77. The SMILES string of the molecule is CCC/C(CCCNc1ncc(C#N)c(N2CCC3(CCNC3=O)CC2)n1)=[N+](\C(=O)NCc1ccccc1)c1ccc(-c2cnn(C)c2)cn1. The van der Waals surface area contributed by atoms with Gasteiger partial charge in [-0.25, -0.2) is 9.78 Å². The van der Waals surface area contributed by atoms with Crippen LogP contribution in [0.3, 0.4) is 0 Å². The van der Waals surface area contributed by atoms with E-state index in [1.165, 1.54) is 0 Å². The minimum absolute atomic E-state index is 0.145. The largest absolute Gasteiger partial charge is 0.441 e. The van der Waals surface area contributed by atoms with Crippen LogP contribution in [0.25, 0.3) is 11.1 Å². The molecule has 258 valence electrons. The number of aryl methyl sites for hydroxylation is 1. The third-order valence-electron chi connectivity index (χ3n) is 9.56. The molecule has 0 aliphatic carbocycles. The number of nitrogens with zero attached hydrogens (tertiary/aromatic N) is 8. The van der Waals surface area contributed by atoms with Gasteiger partial charge in [-0.2, -0.15) is 19.9 Å². The molecule has 2 aliphatic heterocycles. The summed E-state index contributed by atoms with van der Waals surface area (Å²) in [6.45, 7) is 5.11. The monoisotopic (exact) mass is 674 g/mol. The summed E-state index contributed by atoms with van der Waals surface area (Å²) in [6, 6.07) is 15.7. The summed E-state index contributed by atoms with van der Waals surface area (Å²) < 4.78 is 3.46. The number of carbonyl (C=O) groups excluding carboxylic acids is 2. The van der Waals surface area contributed by atoms with E-state index in [9.17, 15) is 14.9 Å². The number of urea groups is 1. The highest BCUT2D eigenvalue weighted by Crippen LogP contribution is 2.39. The molecule has 13 nitrogen and oxygen atoms in total. The average Bonchev–Trinajstić information content (AvgIpc) is 3.74. The molecule has 1 aromatic carbocycles. The minimum Gasteiger partial charge on any atom is -0.356 e. The quantitative estimate of drug-likeness (QED) is 0.108. The van der Waals surface area contributed by atoms with Crippen molar-refractivity contribution in [2.45, 2.75) is 58.4 Å². The van der Waals surface area contributed by atoms with Crippen LogP contribution in [0.2, 0.25) is 0 Å². The number of hydrogen-bond acceptors (Lipinski definition) is 9. The van der Waals surface area contributed by atoms with Gasteiger partial charge in [0.1, 0.15) is 17.8 Å². The van der Waals surface area contributed by atoms with E-state index >= 15 is 0 Å². The Balaban J connectivity index is 1.16. The summed E-state index contributed by atoms with van der Waals surface area (Å²) in [7, 11) is 1.87. The second kappa shape index (κ2) is 15.7. The van der Waals surface area contributed by atoms with Crippen molar-refractivity contribution in [2.75, 3.05) is 36.4 Å². The van der Waals surface area contributed by atoms with Gasteiger partial charge in [0.05, 0.1) is 30.1 Å². The van der Waals surface area contributed by atoms with Gasteiger partial charge >= 0.3 is 6.03 Å². The molecule has 0 bridgehead atoms.